The molecule has 2 atom stereocenters. The average Bonchev–Trinajstić information content (AvgIpc) is 2.90. The molecule has 1 aromatic rings. The second-order valence-corrected chi connectivity index (χ2v) is 8.59. The largest absolute Gasteiger partial charge is 0.444 e. The molecule has 2 unspecified atom stereocenters. The molecule has 1 fully saturated rings. The van der Waals surface area contributed by atoms with Crippen molar-refractivity contribution in [3.05, 3.63) is 11.6 Å². The number of nitrogens with zero attached hydrogens (tertiary/aromatic N) is 2. The van der Waals surface area contributed by atoms with Gasteiger partial charge in [0.15, 0.2) is 4.34 Å². The summed E-state index contributed by atoms with van der Waals surface area (Å²) < 4.78 is 18.4. The van der Waals surface area contributed by atoms with E-state index in [2.05, 4.69) is 4.98 Å². The Bertz CT molecular complexity index is 482. The van der Waals surface area contributed by atoms with E-state index < -0.39 is 16.4 Å². The Labute approximate surface area is 125 Å². The van der Waals surface area contributed by atoms with Crippen molar-refractivity contribution in [2.75, 3.05) is 13.1 Å². The van der Waals surface area contributed by atoms with Crippen molar-refractivity contribution in [3.8, 4) is 0 Å². The van der Waals surface area contributed by atoms with Crippen molar-refractivity contribution >= 4 is 28.2 Å². The lowest BCUT2D eigenvalue weighted by atomic mass is 10.1. The van der Waals surface area contributed by atoms with E-state index in [4.69, 9.17) is 4.74 Å². The molecule has 1 amide bonds. The number of thiazole rings is 1. The summed E-state index contributed by atoms with van der Waals surface area (Å²) in [6, 6.07) is 0. The van der Waals surface area contributed by atoms with Crippen LogP contribution in [0.2, 0.25) is 0 Å². The molecule has 7 heteroatoms. The predicted octanol–water partition coefficient (Wildman–Crippen LogP) is 2.65. The number of carbonyl (C=O) groups is 1. The first-order valence-electron chi connectivity index (χ1n) is 6.65. The molecule has 0 spiro atoms. The number of hydrogen-bond acceptors (Lipinski definition) is 5. The number of hydrogen-bond donors (Lipinski definition) is 0. The zero-order chi connectivity index (χ0) is 14.8. The minimum absolute atomic E-state index is 0.0533. The molecule has 0 radical (unpaired) electrons. The van der Waals surface area contributed by atoms with Crippen molar-refractivity contribution in [2.45, 2.75) is 48.8 Å². The van der Waals surface area contributed by atoms with Crippen molar-refractivity contribution < 1.29 is 13.7 Å². The first kappa shape index (κ1) is 15.4. The molecule has 0 aliphatic carbocycles. The fourth-order valence-corrected chi connectivity index (χ4v) is 4.52. The van der Waals surface area contributed by atoms with Gasteiger partial charge in [0.05, 0.1) is 16.0 Å². The molecular weight excluding hydrogens is 296 g/mol. The van der Waals surface area contributed by atoms with Gasteiger partial charge < -0.3 is 9.64 Å². The number of ether oxygens (including phenoxy) is 1. The Balaban J connectivity index is 1.98. The van der Waals surface area contributed by atoms with Crippen LogP contribution >= 0.6 is 11.3 Å². The van der Waals surface area contributed by atoms with Crippen LogP contribution < -0.4 is 0 Å². The molecule has 1 aromatic heterocycles. The minimum atomic E-state index is -1.14. The summed E-state index contributed by atoms with van der Waals surface area (Å²) in [5, 5.41) is 1.77. The van der Waals surface area contributed by atoms with Gasteiger partial charge in [0.1, 0.15) is 5.60 Å². The summed E-state index contributed by atoms with van der Waals surface area (Å²) in [5.74, 6) is 0. The molecule has 0 N–H and O–H groups in total. The molecule has 0 bridgehead atoms. The molecule has 112 valence electrons. The number of amides is 1. The first-order valence-corrected chi connectivity index (χ1v) is 8.74. The van der Waals surface area contributed by atoms with Gasteiger partial charge in [-0.05, 0) is 33.6 Å². The van der Waals surface area contributed by atoms with Crippen LogP contribution in [0.25, 0.3) is 0 Å². The molecule has 2 heterocycles. The zero-order valence-electron chi connectivity index (χ0n) is 12.0. The topological polar surface area (TPSA) is 59.5 Å². The quantitative estimate of drug-likeness (QED) is 0.841. The lowest BCUT2D eigenvalue weighted by molar-refractivity contribution is 0.0219. The van der Waals surface area contributed by atoms with Crippen molar-refractivity contribution in [1.29, 1.82) is 0 Å². The van der Waals surface area contributed by atoms with E-state index in [1.165, 1.54) is 11.3 Å². The van der Waals surface area contributed by atoms with E-state index in [9.17, 15) is 9.00 Å². The smallest absolute Gasteiger partial charge is 0.410 e. The van der Waals surface area contributed by atoms with Gasteiger partial charge in [0.2, 0.25) is 0 Å². The Hall–Kier alpha value is -0.950. The average molecular weight is 316 g/mol. The molecular formula is C13H20N2O3S2. The third-order valence-corrected chi connectivity index (χ3v) is 5.70. The lowest BCUT2D eigenvalue weighted by Gasteiger charge is -2.33. The van der Waals surface area contributed by atoms with E-state index in [0.717, 1.165) is 12.8 Å². The van der Waals surface area contributed by atoms with E-state index in [-0.39, 0.29) is 11.3 Å². The van der Waals surface area contributed by atoms with Crippen LogP contribution in [0.5, 0.6) is 0 Å². The highest BCUT2D eigenvalue weighted by Gasteiger charge is 2.31. The van der Waals surface area contributed by atoms with Crippen LogP contribution in [0.4, 0.5) is 4.79 Å². The zero-order valence-corrected chi connectivity index (χ0v) is 13.6. The Morgan fingerprint density at radius 3 is 2.90 bits per heavy atom. The third-order valence-electron chi connectivity index (χ3n) is 2.91. The van der Waals surface area contributed by atoms with Crippen molar-refractivity contribution in [1.82, 2.24) is 9.88 Å². The first-order chi connectivity index (χ1) is 9.37. The predicted molar refractivity (Wildman–Crippen MR) is 79.4 cm³/mol. The molecule has 1 aliphatic heterocycles. The fourth-order valence-electron chi connectivity index (χ4n) is 2.06. The van der Waals surface area contributed by atoms with Crippen molar-refractivity contribution in [2.24, 2.45) is 0 Å². The highest BCUT2D eigenvalue weighted by molar-refractivity contribution is 7.87. The standard InChI is InChI=1S/C13H20N2O3S2/c1-13(2,3)18-12(16)15-7-4-5-10(9-15)20(17)11-14-6-8-19-11/h6,8,10H,4-5,7,9H2,1-3H3. The summed E-state index contributed by atoms with van der Waals surface area (Å²) in [6.45, 7) is 6.68. The highest BCUT2D eigenvalue weighted by atomic mass is 32.2. The van der Waals surface area contributed by atoms with Crippen molar-refractivity contribution in [3.63, 3.8) is 0 Å². The van der Waals surface area contributed by atoms with Gasteiger partial charge in [-0.3, -0.25) is 4.21 Å². The van der Waals surface area contributed by atoms with Crippen LogP contribution in [0.1, 0.15) is 33.6 Å². The highest BCUT2D eigenvalue weighted by Crippen LogP contribution is 2.23. The summed E-state index contributed by atoms with van der Waals surface area (Å²) in [4.78, 5) is 17.8. The van der Waals surface area contributed by atoms with Gasteiger partial charge in [-0.2, -0.15) is 0 Å². The van der Waals surface area contributed by atoms with E-state index in [1.54, 1.807) is 11.1 Å². The monoisotopic (exact) mass is 316 g/mol. The number of likely N-dealkylation sites (tertiary alicyclic amines) is 1. The maximum absolute atomic E-state index is 12.4. The van der Waals surface area contributed by atoms with Crippen LogP contribution in [0.15, 0.2) is 15.9 Å². The minimum Gasteiger partial charge on any atom is -0.444 e. The Morgan fingerprint density at radius 1 is 1.55 bits per heavy atom. The maximum atomic E-state index is 12.4. The van der Waals surface area contributed by atoms with Gasteiger partial charge in [0.25, 0.3) is 0 Å². The van der Waals surface area contributed by atoms with Gasteiger partial charge in [-0.15, -0.1) is 11.3 Å². The lowest BCUT2D eigenvalue weighted by Crippen LogP contribution is -2.45. The van der Waals surface area contributed by atoms with Gasteiger partial charge >= 0.3 is 6.09 Å². The Morgan fingerprint density at radius 2 is 2.30 bits per heavy atom. The second-order valence-electron chi connectivity index (χ2n) is 5.79. The molecule has 1 aliphatic rings. The maximum Gasteiger partial charge on any atom is 0.410 e. The van der Waals surface area contributed by atoms with E-state index >= 15 is 0 Å². The number of piperidine rings is 1. The second kappa shape index (κ2) is 6.22. The van der Waals surface area contributed by atoms with Crippen LogP contribution in [-0.2, 0) is 15.5 Å². The fraction of sp³-hybridized carbons (Fsp3) is 0.692. The molecule has 20 heavy (non-hydrogen) atoms. The summed E-state index contributed by atoms with van der Waals surface area (Å²) in [5.41, 5.74) is -0.502. The third kappa shape index (κ3) is 4.02. The Kier molecular flexibility index (Phi) is 4.80. The van der Waals surface area contributed by atoms with Crippen LogP contribution in [0.3, 0.4) is 0 Å². The van der Waals surface area contributed by atoms with Crippen LogP contribution in [0, 0.1) is 0 Å². The summed E-state index contributed by atoms with van der Waals surface area (Å²) >= 11 is 1.40. The molecule has 0 saturated carbocycles. The van der Waals surface area contributed by atoms with E-state index in [1.807, 2.05) is 26.2 Å². The molecule has 5 nitrogen and oxygen atoms in total. The number of aromatic nitrogens is 1. The SMILES string of the molecule is CC(C)(C)OC(=O)N1CCCC(S(=O)c2nccs2)C1. The summed E-state index contributed by atoms with van der Waals surface area (Å²) in [6.07, 6.45) is 3.04. The van der Waals surface area contributed by atoms with Crippen LogP contribution in [-0.4, -0.2) is 44.1 Å². The van der Waals surface area contributed by atoms with Gasteiger partial charge in [-0.1, -0.05) is 0 Å². The van der Waals surface area contributed by atoms with E-state index in [0.29, 0.717) is 17.4 Å². The van der Waals surface area contributed by atoms with Gasteiger partial charge in [0, 0.05) is 24.7 Å². The molecule has 0 aromatic carbocycles. The summed E-state index contributed by atoms with van der Waals surface area (Å²) in [7, 11) is -1.14. The van der Waals surface area contributed by atoms with Gasteiger partial charge in [-0.25, -0.2) is 9.78 Å². The normalized spacial score (nSPS) is 21.6. The molecule has 1 saturated heterocycles. The number of rotatable bonds is 2. The molecule has 2 rings (SSSR count). The number of carbonyl (C=O) groups excluding carboxylic acids is 1.